The van der Waals surface area contributed by atoms with Crippen molar-refractivity contribution >= 4 is 21.9 Å². The topological polar surface area (TPSA) is 75.6 Å². The standard InChI is InChI=1S/C62H57N4O.Ir/c1-61(2,3)36-51-34-57(47-14-9-7-10-15-47)65-40-49(51)26-22-44-30-43(31-45(32-44)23-27-50-41-66-58(48-16-11-8-12-17-48)35-52(50)37-62(4,5)6)21-20-42-24-28-56(64-39-42)54-19-13-18-53-55-33-46(38-63)25-29-59(55)67-60(53)54;/h7-14,16,18,24-25,28-35,39-41H,20-23,26-27,36-37H2,1-6H3;/q-3;+3/i20D2,21D2,22D2,23D2,25D,26D2,27D2,33D,36D2,37D2;. The third-order valence-electron chi connectivity index (χ3n) is 10.2. The number of hydrogen-bond donors (Lipinski definition) is 0. The summed E-state index contributed by atoms with van der Waals surface area (Å²) in [6.45, 7) is 9.49. The van der Waals surface area contributed by atoms with Gasteiger partial charge >= 0.3 is 20.1 Å². The van der Waals surface area contributed by atoms with Crippen LogP contribution in [-0.2, 0) is 71.1 Å². The molecule has 0 unspecified atom stereocenters. The van der Waals surface area contributed by atoms with Gasteiger partial charge in [0.1, 0.15) is 5.58 Å². The molecule has 9 rings (SSSR count). The maximum Gasteiger partial charge on any atom is 3.00 e. The predicted octanol–water partition coefficient (Wildman–Crippen LogP) is 14.6. The van der Waals surface area contributed by atoms with Gasteiger partial charge in [0.25, 0.3) is 0 Å². The van der Waals surface area contributed by atoms with E-state index in [0.29, 0.717) is 16.5 Å². The first-order valence-corrected chi connectivity index (χ1v) is 21.6. The van der Waals surface area contributed by atoms with Gasteiger partial charge in [0.05, 0.1) is 20.0 Å². The van der Waals surface area contributed by atoms with Gasteiger partial charge in [0.15, 0.2) is 0 Å². The number of furan rings is 1. The zero-order chi connectivity index (χ0) is 62.6. The summed E-state index contributed by atoms with van der Waals surface area (Å²) in [5.41, 5.74) is -5.21. The number of fused-ring (bicyclic) bond motifs is 3. The smallest absolute Gasteiger partial charge is 0.501 e. The summed E-state index contributed by atoms with van der Waals surface area (Å²) in [6, 6.07) is 36.0. The molecule has 6 heteroatoms. The van der Waals surface area contributed by atoms with E-state index in [4.69, 9.17) is 7.16 Å². The maximum atomic E-state index is 9.84. The van der Waals surface area contributed by atoms with Gasteiger partial charge in [0.2, 0.25) is 0 Å². The van der Waals surface area contributed by atoms with Gasteiger partial charge in [-0.25, -0.2) is 0 Å². The molecular weight excluding hydrogens is 1010 g/mol. The first-order chi connectivity index (χ1) is 39.3. The molecule has 4 aromatic heterocycles. The molecule has 5 aromatic carbocycles. The van der Waals surface area contributed by atoms with Crippen LogP contribution in [0.5, 0.6) is 0 Å². The molecule has 0 N–H and O–H groups in total. The number of aromatic nitrogens is 3. The molecule has 0 bridgehead atoms. The van der Waals surface area contributed by atoms with Crippen molar-refractivity contribution in [3.8, 4) is 39.8 Å². The zero-order valence-corrected chi connectivity index (χ0v) is 40.5. The number of pyridine rings is 3. The van der Waals surface area contributed by atoms with Crippen LogP contribution in [0, 0.1) is 40.4 Å². The fourth-order valence-corrected chi connectivity index (χ4v) is 7.27. The number of rotatable bonds is 14. The molecule has 0 aliphatic heterocycles. The maximum absolute atomic E-state index is 9.84. The van der Waals surface area contributed by atoms with Crippen molar-refractivity contribution in [1.82, 2.24) is 15.0 Å². The Hall–Kier alpha value is -6.51. The van der Waals surface area contributed by atoms with Crippen molar-refractivity contribution in [2.24, 2.45) is 10.8 Å². The van der Waals surface area contributed by atoms with Gasteiger partial charge in [-0.3, -0.25) is 0 Å². The summed E-state index contributed by atoms with van der Waals surface area (Å²) >= 11 is 0. The third kappa shape index (κ3) is 11.8. The molecule has 0 spiro atoms. The van der Waals surface area contributed by atoms with Crippen LogP contribution >= 0.6 is 0 Å². The van der Waals surface area contributed by atoms with E-state index in [-0.39, 0.29) is 93.6 Å². The summed E-state index contributed by atoms with van der Waals surface area (Å²) in [7, 11) is 0. The second-order valence-corrected chi connectivity index (χ2v) is 17.9. The third-order valence-corrected chi connectivity index (χ3v) is 10.2. The molecule has 0 aliphatic rings. The van der Waals surface area contributed by atoms with Crippen LogP contribution < -0.4 is 0 Å². The minimum Gasteiger partial charge on any atom is -0.501 e. The van der Waals surface area contributed by atoms with Gasteiger partial charge in [-0.1, -0.05) is 95.0 Å². The summed E-state index contributed by atoms with van der Waals surface area (Å²) < 4.78 is 178. The van der Waals surface area contributed by atoms with Crippen molar-refractivity contribution < 1.29 is 49.2 Å². The Morgan fingerprint density at radius 1 is 0.574 bits per heavy atom. The van der Waals surface area contributed by atoms with Crippen LogP contribution in [0.4, 0.5) is 0 Å². The van der Waals surface area contributed by atoms with E-state index in [0.717, 1.165) is 36.8 Å². The number of hydrogen-bond acceptors (Lipinski definition) is 5. The fourth-order valence-electron chi connectivity index (χ4n) is 7.27. The summed E-state index contributed by atoms with van der Waals surface area (Å²) in [6.07, 6.45) is -21.8. The van der Waals surface area contributed by atoms with Crippen LogP contribution in [0.1, 0.15) is 116 Å². The quantitative estimate of drug-likeness (QED) is 0.101. The molecule has 340 valence electrons. The molecular formula is C62H57IrN4O. The minimum atomic E-state index is -3.44. The molecule has 0 fully saturated rings. The van der Waals surface area contributed by atoms with Crippen LogP contribution in [0.3, 0.4) is 0 Å². The van der Waals surface area contributed by atoms with E-state index < -0.39 is 89.6 Å². The van der Waals surface area contributed by atoms with E-state index in [1.54, 1.807) is 96.1 Å². The summed E-state index contributed by atoms with van der Waals surface area (Å²) in [4.78, 5) is 13.4. The van der Waals surface area contributed by atoms with Crippen molar-refractivity contribution in [2.45, 2.75) is 92.5 Å². The molecule has 68 heavy (non-hydrogen) atoms. The van der Waals surface area contributed by atoms with Crippen LogP contribution in [0.2, 0.25) is 0 Å². The number of nitriles is 1. The van der Waals surface area contributed by atoms with Gasteiger partial charge in [-0.2, -0.15) is 5.26 Å². The Bertz CT molecular complexity index is 3940. The molecule has 5 nitrogen and oxygen atoms in total. The largest absolute Gasteiger partial charge is 3.00 e. The number of nitrogens with zero attached hydrogens (tertiary/aromatic N) is 4. The summed E-state index contributed by atoms with van der Waals surface area (Å²) in [5, 5.41) is 10.3. The van der Waals surface area contributed by atoms with Crippen LogP contribution in [0.25, 0.3) is 55.7 Å². The first kappa shape index (κ1) is 30.1. The molecule has 0 radical (unpaired) electrons. The Labute approximate surface area is 441 Å². The molecule has 0 saturated heterocycles. The monoisotopic (exact) mass is 1080 g/mol. The first-order valence-electron chi connectivity index (χ1n) is 30.6. The van der Waals surface area contributed by atoms with Gasteiger partial charge < -0.3 is 19.4 Å². The normalized spacial score (nSPS) is 17.3. The fraction of sp³-hybridized carbons (Fsp3) is 0.258. The van der Waals surface area contributed by atoms with Gasteiger partial charge in [-0.05, 0) is 142 Å². The number of aryl methyl sites for hydroxylation is 6. The van der Waals surface area contributed by atoms with Gasteiger partial charge in [-0.15, -0.1) is 90.0 Å². The summed E-state index contributed by atoms with van der Waals surface area (Å²) in [5.74, 6) is 0. The Morgan fingerprint density at radius 2 is 1.12 bits per heavy atom. The van der Waals surface area contributed by atoms with Crippen molar-refractivity contribution in [3.05, 3.63) is 208 Å². The van der Waals surface area contributed by atoms with Crippen LogP contribution in [-0.4, -0.2) is 15.0 Å². The van der Waals surface area contributed by atoms with Crippen LogP contribution in [0.15, 0.2) is 144 Å². The Morgan fingerprint density at radius 3 is 1.62 bits per heavy atom. The molecule has 4 heterocycles. The molecule has 0 amide bonds. The molecule has 0 atom stereocenters. The molecule has 0 saturated carbocycles. The average molecular weight is 1080 g/mol. The Balaban J connectivity index is 0.00000961. The second-order valence-electron chi connectivity index (χ2n) is 17.9. The zero-order valence-electron chi connectivity index (χ0n) is 56.2. The molecule has 9 aromatic rings. The average Bonchev–Trinajstić information content (AvgIpc) is 2.01. The van der Waals surface area contributed by atoms with Crippen molar-refractivity contribution in [2.75, 3.05) is 0 Å². The minimum absolute atomic E-state index is 0. The van der Waals surface area contributed by atoms with Gasteiger partial charge in [0, 0.05) is 45.9 Å². The van der Waals surface area contributed by atoms with Crippen molar-refractivity contribution in [1.29, 1.82) is 5.26 Å². The van der Waals surface area contributed by atoms with E-state index in [1.807, 2.05) is 6.07 Å². The van der Waals surface area contributed by atoms with E-state index in [2.05, 4.69) is 33.2 Å². The second kappa shape index (κ2) is 20.8. The van der Waals surface area contributed by atoms with E-state index in [9.17, 15) is 27.2 Å². The number of benzene rings is 5. The Kier molecular flexibility index (Phi) is 9.19. The molecule has 0 aliphatic carbocycles. The van der Waals surface area contributed by atoms with E-state index in [1.165, 1.54) is 36.4 Å². The van der Waals surface area contributed by atoms with E-state index >= 15 is 0 Å². The SMILES string of the molecule is [2H]c1cc2oc3c(-c4ccc(C([2H])([2H])C([2H])([2H])c5cc(C([2H])([2H])C([2H])([2H])c6cnc(-c7[c-]cccc7)cc6C([2H])([2H])C(C)(C)C)cc(C([2H])([2H])C([2H])([2H])c6cnc(-c7[c-]cccc7)cc6C([2H])([2H])C(C)(C)C)c5)cn4)[c-]ccc3c2c([2H])c1C#N.[Ir+3]. The van der Waals surface area contributed by atoms with Crippen molar-refractivity contribution in [3.63, 3.8) is 0 Å². The predicted molar refractivity (Wildman–Crippen MR) is 273 cm³/mol.